The summed E-state index contributed by atoms with van der Waals surface area (Å²) in [6, 6.07) is 5.67. The first-order valence-electron chi connectivity index (χ1n) is 8.43. The molecule has 0 bridgehead atoms. The Labute approximate surface area is 145 Å². The molecule has 4 rings (SSSR count). The zero-order valence-electron chi connectivity index (χ0n) is 14.3. The summed E-state index contributed by atoms with van der Waals surface area (Å²) in [7, 11) is 1.76. The lowest BCUT2D eigenvalue weighted by Gasteiger charge is -2.17. The van der Waals surface area contributed by atoms with Gasteiger partial charge in [0.1, 0.15) is 5.69 Å². The number of H-pyrrole nitrogens is 1. The molecule has 2 aromatic rings. The first kappa shape index (κ1) is 15.7. The lowest BCUT2D eigenvalue weighted by molar-refractivity contribution is 0.0779. The number of Topliss-reactive ketones (excluding diaryl/α,β-unsaturated/α-hetero) is 1. The number of aryl methyl sites for hydroxylation is 1. The minimum Gasteiger partial charge on any atom is -0.454 e. The second-order valence-corrected chi connectivity index (χ2v) is 6.60. The van der Waals surface area contributed by atoms with Crippen molar-refractivity contribution in [2.45, 2.75) is 32.7 Å². The van der Waals surface area contributed by atoms with Crippen LogP contribution >= 0.6 is 0 Å². The molecule has 0 saturated heterocycles. The molecular weight excluding hydrogens is 320 g/mol. The maximum atomic E-state index is 12.9. The van der Waals surface area contributed by atoms with Crippen molar-refractivity contribution in [3.63, 3.8) is 0 Å². The van der Waals surface area contributed by atoms with E-state index < -0.39 is 0 Å². The van der Waals surface area contributed by atoms with Gasteiger partial charge in [-0.1, -0.05) is 6.07 Å². The Balaban J connectivity index is 1.56. The standard InChI is InChI=1S/C19H20N2O4/c1-11-17-13(4-3-5-14(17)22)20-18(11)19(23)21(2)9-12-6-7-15-16(8-12)25-10-24-15/h6-8,20H,3-5,9-10H2,1-2H3. The summed E-state index contributed by atoms with van der Waals surface area (Å²) in [5.74, 6) is 1.45. The molecule has 0 spiro atoms. The minimum absolute atomic E-state index is 0.114. The number of hydrogen-bond donors (Lipinski definition) is 1. The molecule has 1 amide bonds. The molecule has 6 heteroatoms. The van der Waals surface area contributed by atoms with E-state index in [1.165, 1.54) is 0 Å². The van der Waals surface area contributed by atoms with Crippen LogP contribution in [-0.4, -0.2) is 35.4 Å². The maximum absolute atomic E-state index is 12.9. The number of nitrogens with zero attached hydrogens (tertiary/aromatic N) is 1. The number of amides is 1. The fourth-order valence-electron chi connectivity index (χ4n) is 3.56. The molecule has 6 nitrogen and oxygen atoms in total. The maximum Gasteiger partial charge on any atom is 0.270 e. The number of nitrogens with one attached hydrogen (secondary N) is 1. The van der Waals surface area contributed by atoms with E-state index in [1.54, 1.807) is 11.9 Å². The SMILES string of the molecule is Cc1c(C(=O)N(C)Cc2ccc3c(c2)OCO3)[nH]c2c1C(=O)CCC2. The molecule has 1 N–H and O–H groups in total. The Hall–Kier alpha value is -2.76. The third kappa shape index (κ3) is 2.67. The van der Waals surface area contributed by atoms with E-state index in [0.717, 1.165) is 35.4 Å². The first-order chi connectivity index (χ1) is 12.0. The monoisotopic (exact) mass is 340 g/mol. The molecule has 0 radical (unpaired) electrons. The number of fused-ring (bicyclic) bond motifs is 2. The summed E-state index contributed by atoms with van der Waals surface area (Å²) in [6.45, 7) is 2.53. The quantitative estimate of drug-likeness (QED) is 0.933. The molecule has 1 aromatic heterocycles. The Morgan fingerprint density at radius 2 is 2.04 bits per heavy atom. The van der Waals surface area contributed by atoms with Crippen molar-refractivity contribution in [2.24, 2.45) is 0 Å². The van der Waals surface area contributed by atoms with Crippen LogP contribution in [0, 0.1) is 6.92 Å². The molecule has 0 fully saturated rings. The molecule has 0 atom stereocenters. The van der Waals surface area contributed by atoms with Gasteiger partial charge in [0.25, 0.3) is 5.91 Å². The smallest absolute Gasteiger partial charge is 0.270 e. The molecule has 1 aliphatic carbocycles. The summed E-state index contributed by atoms with van der Waals surface area (Å²) >= 11 is 0. The predicted molar refractivity (Wildman–Crippen MR) is 91.2 cm³/mol. The Morgan fingerprint density at radius 1 is 1.24 bits per heavy atom. The van der Waals surface area contributed by atoms with E-state index in [2.05, 4.69) is 4.98 Å². The van der Waals surface area contributed by atoms with Crippen molar-refractivity contribution in [3.05, 3.63) is 46.3 Å². The normalized spacial score (nSPS) is 15.2. The van der Waals surface area contributed by atoms with Gasteiger partial charge in [-0.15, -0.1) is 0 Å². The molecule has 0 saturated carbocycles. The van der Waals surface area contributed by atoms with Crippen LogP contribution in [-0.2, 0) is 13.0 Å². The summed E-state index contributed by atoms with van der Waals surface area (Å²) in [4.78, 5) is 29.8. The summed E-state index contributed by atoms with van der Waals surface area (Å²) in [5, 5.41) is 0. The highest BCUT2D eigenvalue weighted by molar-refractivity contribution is 6.04. The molecule has 2 aliphatic rings. The molecule has 2 heterocycles. The van der Waals surface area contributed by atoms with Crippen LogP contribution in [0.1, 0.15) is 50.5 Å². The van der Waals surface area contributed by atoms with Crippen molar-refractivity contribution >= 4 is 11.7 Å². The van der Waals surface area contributed by atoms with Gasteiger partial charge in [-0.25, -0.2) is 0 Å². The molecule has 1 aromatic carbocycles. The Bertz CT molecular complexity index is 869. The third-order valence-electron chi connectivity index (χ3n) is 4.85. The highest BCUT2D eigenvalue weighted by Crippen LogP contribution is 2.33. The molecule has 25 heavy (non-hydrogen) atoms. The van der Waals surface area contributed by atoms with Crippen molar-refractivity contribution in [1.82, 2.24) is 9.88 Å². The van der Waals surface area contributed by atoms with Gasteiger partial charge in [0.2, 0.25) is 6.79 Å². The highest BCUT2D eigenvalue weighted by atomic mass is 16.7. The predicted octanol–water partition coefficient (Wildman–Crippen LogP) is 2.84. The van der Waals surface area contributed by atoms with Gasteiger partial charge in [-0.3, -0.25) is 9.59 Å². The van der Waals surface area contributed by atoms with E-state index in [9.17, 15) is 9.59 Å². The van der Waals surface area contributed by atoms with Crippen molar-refractivity contribution in [2.75, 3.05) is 13.8 Å². The average molecular weight is 340 g/mol. The number of carbonyl (C=O) groups is 2. The number of ketones is 1. The van der Waals surface area contributed by atoms with Crippen LogP contribution in [0.4, 0.5) is 0 Å². The number of carbonyl (C=O) groups excluding carboxylic acids is 2. The van der Waals surface area contributed by atoms with E-state index >= 15 is 0 Å². The number of ether oxygens (including phenoxy) is 2. The number of hydrogen-bond acceptors (Lipinski definition) is 4. The topological polar surface area (TPSA) is 71.6 Å². The lowest BCUT2D eigenvalue weighted by atomic mass is 9.94. The van der Waals surface area contributed by atoms with Crippen molar-refractivity contribution < 1.29 is 19.1 Å². The summed E-state index contributed by atoms with van der Waals surface area (Å²) in [6.07, 6.45) is 2.22. The number of aromatic amines is 1. The number of benzene rings is 1. The zero-order chi connectivity index (χ0) is 17.6. The molecular formula is C19H20N2O4. The second kappa shape index (κ2) is 5.95. The molecule has 130 valence electrons. The largest absolute Gasteiger partial charge is 0.454 e. The third-order valence-corrected chi connectivity index (χ3v) is 4.85. The van der Waals surface area contributed by atoms with Gasteiger partial charge in [-0.05, 0) is 43.0 Å². The van der Waals surface area contributed by atoms with Gasteiger partial charge < -0.3 is 19.4 Å². The van der Waals surface area contributed by atoms with Gasteiger partial charge in [0.05, 0.1) is 0 Å². The lowest BCUT2D eigenvalue weighted by Crippen LogP contribution is -2.27. The second-order valence-electron chi connectivity index (χ2n) is 6.60. The van der Waals surface area contributed by atoms with Crippen LogP contribution in [0.5, 0.6) is 11.5 Å². The fraction of sp³-hybridized carbons (Fsp3) is 0.368. The zero-order valence-corrected chi connectivity index (χ0v) is 14.3. The fourth-order valence-corrected chi connectivity index (χ4v) is 3.56. The van der Waals surface area contributed by atoms with Crippen LogP contribution < -0.4 is 9.47 Å². The van der Waals surface area contributed by atoms with Crippen LogP contribution in [0.3, 0.4) is 0 Å². The van der Waals surface area contributed by atoms with Crippen LogP contribution in [0.2, 0.25) is 0 Å². The van der Waals surface area contributed by atoms with Crippen molar-refractivity contribution in [1.29, 1.82) is 0 Å². The molecule has 0 unspecified atom stereocenters. The molecule has 1 aliphatic heterocycles. The van der Waals surface area contributed by atoms with Gasteiger partial charge in [0.15, 0.2) is 17.3 Å². The van der Waals surface area contributed by atoms with Gasteiger partial charge in [0, 0.05) is 31.3 Å². The average Bonchev–Trinajstić information content (AvgIpc) is 3.19. The van der Waals surface area contributed by atoms with Gasteiger partial charge in [-0.2, -0.15) is 0 Å². The van der Waals surface area contributed by atoms with E-state index in [-0.39, 0.29) is 18.5 Å². The summed E-state index contributed by atoms with van der Waals surface area (Å²) < 4.78 is 10.7. The minimum atomic E-state index is -0.114. The Morgan fingerprint density at radius 3 is 2.84 bits per heavy atom. The Kier molecular flexibility index (Phi) is 3.75. The van der Waals surface area contributed by atoms with E-state index in [0.29, 0.717) is 30.0 Å². The first-order valence-corrected chi connectivity index (χ1v) is 8.43. The number of aromatic nitrogens is 1. The summed E-state index contributed by atoms with van der Waals surface area (Å²) in [5.41, 5.74) is 3.86. The van der Waals surface area contributed by atoms with Crippen LogP contribution in [0.15, 0.2) is 18.2 Å². The van der Waals surface area contributed by atoms with Crippen LogP contribution in [0.25, 0.3) is 0 Å². The van der Waals surface area contributed by atoms with E-state index in [4.69, 9.17) is 9.47 Å². The van der Waals surface area contributed by atoms with E-state index in [1.807, 2.05) is 25.1 Å². The van der Waals surface area contributed by atoms with Crippen molar-refractivity contribution in [3.8, 4) is 11.5 Å². The number of rotatable bonds is 3. The van der Waals surface area contributed by atoms with Gasteiger partial charge >= 0.3 is 0 Å². The highest BCUT2D eigenvalue weighted by Gasteiger charge is 2.27.